The number of hydrogen-bond donors (Lipinski definition) is 3. The number of piperazine rings is 1. The molecule has 0 saturated carbocycles. The van der Waals surface area contributed by atoms with Crippen LogP contribution in [0.3, 0.4) is 0 Å². The average molecular weight is 706 g/mol. The molecular weight excluding hydrogens is 660 g/mol. The van der Waals surface area contributed by atoms with E-state index in [1.165, 1.54) is 0 Å². The zero-order valence-corrected chi connectivity index (χ0v) is 28.5. The third-order valence-electron chi connectivity index (χ3n) is 10.7. The molecule has 5 heterocycles. The number of urea groups is 1. The maximum Gasteiger partial charge on any atom is 0.322 e. The molecule has 1 aromatic heterocycles. The molecule has 250 valence electrons. The van der Waals surface area contributed by atoms with E-state index in [1.54, 1.807) is 6.20 Å². The van der Waals surface area contributed by atoms with Gasteiger partial charge in [-0.15, -0.1) is 0 Å². The zero-order valence-electron chi connectivity index (χ0n) is 26.9. The van der Waals surface area contributed by atoms with Crippen LogP contribution in [-0.4, -0.2) is 119 Å². The van der Waals surface area contributed by atoms with Gasteiger partial charge >= 0.3 is 6.03 Å². The van der Waals surface area contributed by atoms with Gasteiger partial charge in [-0.1, -0.05) is 18.2 Å². The number of piperidine rings is 2. The molecule has 4 aliphatic heterocycles. The minimum atomic E-state index is -0.447. The highest BCUT2D eigenvalue weighted by molar-refractivity contribution is 9.10. The molecule has 11 nitrogen and oxygen atoms in total. The van der Waals surface area contributed by atoms with Crippen LogP contribution in [-0.2, 0) is 22.4 Å². The van der Waals surface area contributed by atoms with Gasteiger partial charge in [-0.3, -0.25) is 19.6 Å². The number of hydrogen-bond acceptors (Lipinski definition) is 6. The number of carbonyl (C=O) groups is 3. The Labute approximate surface area is 284 Å². The standard InChI is InChI=1S/C35H45BrN8O3/c36-30-21-24(20-27-23-38-40-33(27)30)19-26(34(46)43-17-15-41(16-18-43)28-5-10-37-11-6-28)22-32(45)42-12-8-29(9-13-42)44-14-7-25-3-1-2-4-31(25)39-35(44)47/h1-4,20-21,23,26,28-29,37H,5-19,22H2,(H,38,40)(H,39,47). The largest absolute Gasteiger partial charge is 0.343 e. The van der Waals surface area contributed by atoms with Crippen molar-refractivity contribution in [2.45, 2.75) is 57.0 Å². The zero-order chi connectivity index (χ0) is 32.3. The molecule has 7 rings (SSSR count). The van der Waals surface area contributed by atoms with Gasteiger partial charge < -0.3 is 25.3 Å². The monoisotopic (exact) mass is 704 g/mol. The topological polar surface area (TPSA) is 117 Å². The number of fused-ring (bicyclic) bond motifs is 2. The lowest BCUT2D eigenvalue weighted by molar-refractivity contribution is -0.143. The lowest BCUT2D eigenvalue weighted by Gasteiger charge is -2.42. The van der Waals surface area contributed by atoms with Gasteiger partial charge in [0, 0.05) is 79.9 Å². The van der Waals surface area contributed by atoms with E-state index in [4.69, 9.17) is 0 Å². The predicted molar refractivity (Wildman–Crippen MR) is 185 cm³/mol. The van der Waals surface area contributed by atoms with Gasteiger partial charge in [0.25, 0.3) is 0 Å². The lowest BCUT2D eigenvalue weighted by atomic mass is 9.92. The van der Waals surface area contributed by atoms with Gasteiger partial charge in [0.1, 0.15) is 0 Å². The maximum atomic E-state index is 14.2. The van der Waals surface area contributed by atoms with Crippen molar-refractivity contribution in [1.29, 1.82) is 0 Å². The van der Waals surface area contributed by atoms with E-state index in [0.717, 1.165) is 90.5 Å². The SMILES string of the molecule is O=C(CC(Cc1cc(Br)c2[nH]ncc2c1)C(=O)N1CCN(C2CCNCC2)CC1)N1CCC(N2CCc3ccccc3NC2=O)CC1. The number of anilines is 1. The van der Waals surface area contributed by atoms with Crippen molar-refractivity contribution in [1.82, 2.24) is 35.1 Å². The Morgan fingerprint density at radius 3 is 2.47 bits per heavy atom. The average Bonchev–Trinajstić information content (AvgIpc) is 3.52. The van der Waals surface area contributed by atoms with E-state index >= 15 is 0 Å². The molecule has 0 bridgehead atoms. The molecule has 3 N–H and O–H groups in total. The smallest absolute Gasteiger partial charge is 0.322 e. The highest BCUT2D eigenvalue weighted by Crippen LogP contribution is 2.29. The number of H-pyrrole nitrogens is 1. The summed E-state index contributed by atoms with van der Waals surface area (Å²) in [7, 11) is 0. The van der Waals surface area contributed by atoms with Crippen molar-refractivity contribution in [2.75, 3.05) is 64.2 Å². The molecule has 0 radical (unpaired) electrons. The first-order chi connectivity index (χ1) is 22.9. The molecule has 47 heavy (non-hydrogen) atoms. The highest BCUT2D eigenvalue weighted by atomic mass is 79.9. The summed E-state index contributed by atoms with van der Waals surface area (Å²) in [6.45, 7) is 7.11. The quantitative estimate of drug-likeness (QED) is 0.344. The summed E-state index contributed by atoms with van der Waals surface area (Å²) in [4.78, 5) is 49.5. The molecule has 0 spiro atoms. The van der Waals surface area contributed by atoms with Gasteiger partial charge in [-0.05, 0) is 96.9 Å². The number of nitrogens with one attached hydrogen (secondary N) is 3. The fourth-order valence-corrected chi connectivity index (χ4v) is 8.58. The number of amides is 4. The van der Waals surface area contributed by atoms with Gasteiger partial charge in [0.05, 0.1) is 17.6 Å². The molecule has 1 atom stereocenters. The number of carbonyl (C=O) groups excluding carboxylic acids is 3. The third-order valence-corrected chi connectivity index (χ3v) is 11.3. The first kappa shape index (κ1) is 32.1. The van der Waals surface area contributed by atoms with Crippen LogP contribution in [0.25, 0.3) is 10.9 Å². The number of aromatic amines is 1. The van der Waals surface area contributed by atoms with Crippen LogP contribution in [0, 0.1) is 5.92 Å². The van der Waals surface area contributed by atoms with Crippen molar-refractivity contribution in [3.8, 4) is 0 Å². The third kappa shape index (κ3) is 7.19. The number of rotatable bonds is 7. The van der Waals surface area contributed by atoms with Crippen LogP contribution >= 0.6 is 15.9 Å². The molecule has 3 saturated heterocycles. The normalized spacial score (nSPS) is 21.0. The summed E-state index contributed by atoms with van der Waals surface area (Å²) in [6, 6.07) is 12.7. The van der Waals surface area contributed by atoms with E-state index in [-0.39, 0.29) is 30.3 Å². The Morgan fingerprint density at radius 1 is 0.915 bits per heavy atom. The molecule has 4 amide bonds. The molecular formula is C35H45BrN8O3. The summed E-state index contributed by atoms with van der Waals surface area (Å²) < 4.78 is 0.901. The number of aromatic nitrogens is 2. The summed E-state index contributed by atoms with van der Waals surface area (Å²) in [5.74, 6) is -0.356. The van der Waals surface area contributed by atoms with E-state index < -0.39 is 5.92 Å². The fourth-order valence-electron chi connectivity index (χ4n) is 7.96. The maximum absolute atomic E-state index is 14.2. The Kier molecular flexibility index (Phi) is 9.78. The van der Waals surface area contributed by atoms with Crippen LogP contribution < -0.4 is 10.6 Å². The van der Waals surface area contributed by atoms with E-state index in [9.17, 15) is 14.4 Å². The molecule has 2 aromatic carbocycles. The molecule has 3 fully saturated rings. The predicted octanol–water partition coefficient (Wildman–Crippen LogP) is 3.85. The van der Waals surface area contributed by atoms with E-state index in [1.807, 2.05) is 39.0 Å². The van der Waals surface area contributed by atoms with Gasteiger partial charge in [0.15, 0.2) is 0 Å². The van der Waals surface area contributed by atoms with Crippen LogP contribution in [0.2, 0.25) is 0 Å². The minimum Gasteiger partial charge on any atom is -0.343 e. The molecule has 12 heteroatoms. The van der Waals surface area contributed by atoms with Crippen LogP contribution in [0.4, 0.5) is 10.5 Å². The van der Waals surface area contributed by atoms with Crippen molar-refractivity contribution in [3.63, 3.8) is 0 Å². The van der Waals surface area contributed by atoms with Gasteiger partial charge in [-0.2, -0.15) is 5.10 Å². The molecule has 4 aliphatic rings. The lowest BCUT2D eigenvalue weighted by Crippen LogP contribution is -2.55. The first-order valence-corrected chi connectivity index (χ1v) is 18.0. The Balaban J connectivity index is 1.00. The van der Waals surface area contributed by atoms with Crippen LogP contribution in [0.5, 0.6) is 0 Å². The Morgan fingerprint density at radius 2 is 1.68 bits per heavy atom. The van der Waals surface area contributed by atoms with Crippen LogP contribution in [0.15, 0.2) is 47.1 Å². The Bertz CT molecular complexity index is 1590. The second kappa shape index (κ2) is 14.3. The molecule has 1 unspecified atom stereocenters. The number of benzene rings is 2. The van der Waals surface area contributed by atoms with Gasteiger partial charge in [0.2, 0.25) is 11.8 Å². The summed E-state index contributed by atoms with van der Waals surface area (Å²) in [5.41, 5.74) is 3.97. The number of likely N-dealkylation sites (tertiary alicyclic amines) is 1. The van der Waals surface area contributed by atoms with Crippen molar-refractivity contribution in [2.24, 2.45) is 5.92 Å². The van der Waals surface area contributed by atoms with Crippen molar-refractivity contribution in [3.05, 3.63) is 58.2 Å². The summed E-state index contributed by atoms with van der Waals surface area (Å²) in [6.07, 6.45) is 7.05. The molecule has 0 aliphatic carbocycles. The summed E-state index contributed by atoms with van der Waals surface area (Å²) in [5, 5.41) is 14.7. The number of halogens is 1. The van der Waals surface area contributed by atoms with E-state index in [0.29, 0.717) is 45.2 Å². The Hall–Kier alpha value is -3.48. The van der Waals surface area contributed by atoms with Crippen LogP contribution in [0.1, 0.15) is 43.2 Å². The second-order valence-electron chi connectivity index (χ2n) is 13.5. The fraction of sp³-hybridized carbons (Fsp3) is 0.543. The van der Waals surface area contributed by atoms with Crippen molar-refractivity contribution < 1.29 is 14.4 Å². The number of para-hydroxylation sites is 1. The van der Waals surface area contributed by atoms with Gasteiger partial charge in [-0.25, -0.2) is 4.79 Å². The van der Waals surface area contributed by atoms with E-state index in [2.05, 4.69) is 53.8 Å². The minimum absolute atomic E-state index is 0.0197. The first-order valence-electron chi connectivity index (χ1n) is 17.2. The van der Waals surface area contributed by atoms with Crippen molar-refractivity contribution >= 4 is 50.4 Å². The highest BCUT2D eigenvalue weighted by Gasteiger charge is 2.35. The molecule has 3 aromatic rings. The number of nitrogens with zero attached hydrogens (tertiary/aromatic N) is 5. The summed E-state index contributed by atoms with van der Waals surface area (Å²) >= 11 is 3.66. The second-order valence-corrected chi connectivity index (χ2v) is 14.4.